The van der Waals surface area contributed by atoms with Gasteiger partial charge in [-0.05, 0) is 111 Å². The summed E-state index contributed by atoms with van der Waals surface area (Å²) in [7, 11) is 0. The standard InChI is InChI=1S/C54H38N2/c1-4-16-39(17-5-1)42-20-14-24-47(36-42)55(48-25-15-21-43(37-48)40-18-6-2-7-19-40)46-33-30-41(31-34-46)44-32-35-54-52(38-44)50-27-11-10-26-49(50)51-28-12-13-29-53(51)56(54)45-22-8-3-9-23-45/h1-38H. The maximum atomic E-state index is 2.41. The highest BCUT2D eigenvalue weighted by Crippen LogP contribution is 2.51. The summed E-state index contributed by atoms with van der Waals surface area (Å²) >= 11 is 0. The average Bonchev–Trinajstić information content (AvgIpc) is 3.40. The smallest absolute Gasteiger partial charge is 0.0540 e. The van der Waals surface area contributed by atoms with Crippen molar-refractivity contribution in [2.24, 2.45) is 0 Å². The van der Waals surface area contributed by atoms with Crippen LogP contribution >= 0.6 is 0 Å². The van der Waals surface area contributed by atoms with E-state index in [0.717, 1.165) is 34.0 Å². The summed E-state index contributed by atoms with van der Waals surface area (Å²) < 4.78 is 0. The average molecular weight is 715 g/mol. The number of rotatable bonds is 7. The molecule has 0 spiro atoms. The number of hydrogen-bond acceptors (Lipinski definition) is 2. The van der Waals surface area contributed by atoms with E-state index in [1.807, 2.05) is 0 Å². The van der Waals surface area contributed by atoms with Crippen LogP contribution in [0, 0.1) is 0 Å². The van der Waals surface area contributed by atoms with Gasteiger partial charge in [0.05, 0.1) is 11.4 Å². The van der Waals surface area contributed by atoms with Gasteiger partial charge in [0, 0.05) is 33.9 Å². The molecule has 0 radical (unpaired) electrons. The SMILES string of the molecule is c1ccc(-c2cccc(N(c3ccc(-c4ccc5c(c4)-c4ccccc4-c4ccccc4N5c4ccccc4)cc3)c3cccc(-c4ccccc4)c3)c2)cc1. The van der Waals surface area contributed by atoms with Crippen molar-refractivity contribution in [3.63, 3.8) is 0 Å². The van der Waals surface area contributed by atoms with Crippen molar-refractivity contribution in [2.75, 3.05) is 9.80 Å². The molecule has 0 saturated carbocycles. The Morgan fingerprint density at radius 3 is 1.29 bits per heavy atom. The zero-order valence-electron chi connectivity index (χ0n) is 30.8. The third kappa shape index (κ3) is 6.14. The van der Waals surface area contributed by atoms with E-state index in [2.05, 4.69) is 240 Å². The van der Waals surface area contributed by atoms with Crippen LogP contribution in [0.2, 0.25) is 0 Å². The van der Waals surface area contributed by atoms with Crippen LogP contribution in [0.1, 0.15) is 0 Å². The van der Waals surface area contributed by atoms with Gasteiger partial charge in [0.15, 0.2) is 0 Å². The molecule has 0 aromatic heterocycles. The van der Waals surface area contributed by atoms with E-state index < -0.39 is 0 Å². The maximum Gasteiger partial charge on any atom is 0.0540 e. The lowest BCUT2D eigenvalue weighted by atomic mass is 9.92. The lowest BCUT2D eigenvalue weighted by molar-refractivity contribution is 1.28. The minimum atomic E-state index is 1.09. The number of fused-ring (bicyclic) bond motifs is 5. The van der Waals surface area contributed by atoms with Gasteiger partial charge in [-0.2, -0.15) is 0 Å². The molecule has 2 heteroatoms. The van der Waals surface area contributed by atoms with E-state index in [0.29, 0.717) is 0 Å². The van der Waals surface area contributed by atoms with Crippen molar-refractivity contribution in [1.82, 2.24) is 0 Å². The molecule has 10 rings (SSSR count). The van der Waals surface area contributed by atoms with Gasteiger partial charge in [0.1, 0.15) is 0 Å². The summed E-state index contributed by atoms with van der Waals surface area (Å²) in [4.78, 5) is 4.77. The van der Waals surface area contributed by atoms with Crippen LogP contribution in [-0.4, -0.2) is 0 Å². The third-order valence-corrected chi connectivity index (χ3v) is 10.8. The minimum Gasteiger partial charge on any atom is -0.310 e. The molecular formula is C54H38N2. The van der Waals surface area contributed by atoms with Crippen LogP contribution in [0.3, 0.4) is 0 Å². The van der Waals surface area contributed by atoms with Gasteiger partial charge in [-0.25, -0.2) is 0 Å². The Balaban J connectivity index is 1.08. The zero-order valence-corrected chi connectivity index (χ0v) is 30.8. The first-order valence-electron chi connectivity index (χ1n) is 19.2. The van der Waals surface area contributed by atoms with E-state index in [9.17, 15) is 0 Å². The first kappa shape index (κ1) is 33.2. The molecule has 2 nitrogen and oxygen atoms in total. The van der Waals surface area contributed by atoms with E-state index in [4.69, 9.17) is 0 Å². The van der Waals surface area contributed by atoms with Crippen LogP contribution in [0.4, 0.5) is 34.1 Å². The Morgan fingerprint density at radius 1 is 0.250 bits per heavy atom. The molecule has 0 bridgehead atoms. The van der Waals surface area contributed by atoms with Crippen molar-refractivity contribution in [3.05, 3.63) is 231 Å². The topological polar surface area (TPSA) is 6.48 Å². The molecule has 0 aliphatic carbocycles. The summed E-state index contributed by atoms with van der Waals surface area (Å²) in [6, 6.07) is 83.1. The largest absolute Gasteiger partial charge is 0.310 e. The summed E-state index contributed by atoms with van der Waals surface area (Å²) in [5.41, 5.74) is 18.8. The lowest BCUT2D eigenvalue weighted by Gasteiger charge is -2.28. The molecule has 0 unspecified atom stereocenters. The van der Waals surface area contributed by atoms with Gasteiger partial charge in [0.25, 0.3) is 0 Å². The number of hydrogen-bond donors (Lipinski definition) is 0. The van der Waals surface area contributed by atoms with Gasteiger partial charge in [-0.15, -0.1) is 0 Å². The normalized spacial score (nSPS) is 11.5. The van der Waals surface area contributed by atoms with Crippen molar-refractivity contribution < 1.29 is 0 Å². The Morgan fingerprint density at radius 2 is 0.679 bits per heavy atom. The van der Waals surface area contributed by atoms with E-state index >= 15 is 0 Å². The number of benzene rings is 9. The second-order valence-electron chi connectivity index (χ2n) is 14.2. The predicted molar refractivity (Wildman–Crippen MR) is 237 cm³/mol. The van der Waals surface area contributed by atoms with Crippen molar-refractivity contribution in [3.8, 4) is 55.6 Å². The van der Waals surface area contributed by atoms with Crippen LogP contribution in [0.5, 0.6) is 0 Å². The van der Waals surface area contributed by atoms with Crippen molar-refractivity contribution in [1.29, 1.82) is 0 Å². The van der Waals surface area contributed by atoms with Crippen LogP contribution in [0.15, 0.2) is 231 Å². The predicted octanol–water partition coefficient (Wildman–Crippen LogP) is 15.3. The first-order chi connectivity index (χ1) is 27.8. The van der Waals surface area contributed by atoms with Crippen LogP contribution in [0.25, 0.3) is 55.6 Å². The summed E-state index contributed by atoms with van der Waals surface area (Å²) in [5, 5.41) is 0. The quantitative estimate of drug-likeness (QED) is 0.162. The summed E-state index contributed by atoms with van der Waals surface area (Å²) in [6.45, 7) is 0. The first-order valence-corrected chi connectivity index (χ1v) is 19.2. The van der Waals surface area contributed by atoms with Gasteiger partial charge in [-0.3, -0.25) is 0 Å². The van der Waals surface area contributed by atoms with Crippen molar-refractivity contribution in [2.45, 2.75) is 0 Å². The molecule has 0 N–H and O–H groups in total. The molecule has 1 heterocycles. The molecule has 0 atom stereocenters. The van der Waals surface area contributed by atoms with Gasteiger partial charge in [-0.1, -0.05) is 164 Å². The molecule has 264 valence electrons. The molecule has 9 aromatic rings. The maximum absolute atomic E-state index is 2.41. The highest BCUT2D eigenvalue weighted by atomic mass is 15.2. The van der Waals surface area contributed by atoms with E-state index in [1.54, 1.807) is 0 Å². The Labute approximate surface area is 328 Å². The van der Waals surface area contributed by atoms with Gasteiger partial charge >= 0.3 is 0 Å². The fourth-order valence-electron chi connectivity index (χ4n) is 8.12. The van der Waals surface area contributed by atoms with E-state index in [-0.39, 0.29) is 0 Å². The fraction of sp³-hybridized carbons (Fsp3) is 0. The van der Waals surface area contributed by atoms with Crippen molar-refractivity contribution >= 4 is 34.1 Å². The monoisotopic (exact) mass is 714 g/mol. The Bertz CT molecular complexity index is 2710. The second-order valence-corrected chi connectivity index (χ2v) is 14.2. The minimum absolute atomic E-state index is 1.09. The molecule has 56 heavy (non-hydrogen) atoms. The summed E-state index contributed by atoms with van der Waals surface area (Å²) in [5.74, 6) is 0. The highest BCUT2D eigenvalue weighted by Gasteiger charge is 2.26. The third-order valence-electron chi connectivity index (χ3n) is 10.8. The molecule has 0 amide bonds. The molecular weight excluding hydrogens is 677 g/mol. The Hall–Kier alpha value is -7.42. The summed E-state index contributed by atoms with van der Waals surface area (Å²) in [6.07, 6.45) is 0. The second kappa shape index (κ2) is 14.4. The highest BCUT2D eigenvalue weighted by molar-refractivity contribution is 6.03. The Kier molecular flexibility index (Phi) is 8.55. The van der Waals surface area contributed by atoms with Gasteiger partial charge < -0.3 is 9.80 Å². The fourth-order valence-corrected chi connectivity index (χ4v) is 8.12. The number of nitrogens with zero attached hydrogens (tertiary/aromatic N) is 2. The zero-order chi connectivity index (χ0) is 37.3. The molecule has 9 aromatic carbocycles. The number of anilines is 6. The van der Waals surface area contributed by atoms with Gasteiger partial charge in [0.2, 0.25) is 0 Å². The molecule has 0 saturated heterocycles. The molecule has 1 aliphatic rings. The number of para-hydroxylation sites is 2. The molecule has 1 aliphatic heterocycles. The lowest BCUT2D eigenvalue weighted by Crippen LogP contribution is -2.11. The van der Waals surface area contributed by atoms with Crippen LogP contribution in [-0.2, 0) is 0 Å². The van der Waals surface area contributed by atoms with Crippen LogP contribution < -0.4 is 9.80 Å². The molecule has 0 fully saturated rings. The van der Waals surface area contributed by atoms with E-state index in [1.165, 1.54) is 55.8 Å².